The molecule has 0 aliphatic carbocycles. The molecule has 2 saturated heterocycles. The molecule has 2 aliphatic rings. The van der Waals surface area contributed by atoms with E-state index in [-0.39, 0.29) is 31.4 Å². The third kappa shape index (κ3) is 5.98. The fourth-order valence-corrected chi connectivity index (χ4v) is 2.84. The van der Waals surface area contributed by atoms with Crippen LogP contribution < -0.4 is 5.73 Å². The third-order valence-corrected chi connectivity index (χ3v) is 4.29. The SMILES string of the molecule is NC(=O)N1CCCC1.O=C1C[C@@H](C(=O)O)N(C(=O)OCc2ccccc2)C1. The number of nitrogens with zero attached hydrogens (tertiary/aromatic N) is 2. The van der Waals surface area contributed by atoms with Crippen molar-refractivity contribution in [1.82, 2.24) is 9.80 Å². The first-order valence-corrected chi connectivity index (χ1v) is 8.64. The number of nitrogens with two attached hydrogens (primary N) is 1. The predicted octanol–water partition coefficient (Wildman–Crippen LogP) is 1.21. The summed E-state index contributed by atoms with van der Waals surface area (Å²) in [4.78, 5) is 46.9. The van der Waals surface area contributed by atoms with Gasteiger partial charge in [0, 0.05) is 19.5 Å². The van der Waals surface area contributed by atoms with Gasteiger partial charge in [-0.25, -0.2) is 14.4 Å². The van der Waals surface area contributed by atoms with Crippen LogP contribution in [0.25, 0.3) is 0 Å². The quantitative estimate of drug-likeness (QED) is 0.814. The average molecular weight is 377 g/mol. The number of benzene rings is 1. The molecule has 0 radical (unpaired) electrons. The van der Waals surface area contributed by atoms with Crippen LogP contribution in [0.5, 0.6) is 0 Å². The van der Waals surface area contributed by atoms with Crippen LogP contribution in [-0.4, -0.2) is 64.5 Å². The summed E-state index contributed by atoms with van der Waals surface area (Å²) in [5.41, 5.74) is 5.78. The van der Waals surface area contributed by atoms with Crippen LogP contribution in [0.2, 0.25) is 0 Å². The molecule has 9 heteroatoms. The number of primary amides is 1. The van der Waals surface area contributed by atoms with Crippen molar-refractivity contribution in [1.29, 1.82) is 0 Å². The normalized spacial score (nSPS) is 18.7. The second-order valence-corrected chi connectivity index (χ2v) is 6.30. The second kappa shape index (κ2) is 9.56. The van der Waals surface area contributed by atoms with Crippen molar-refractivity contribution in [2.45, 2.75) is 31.9 Å². The number of carboxylic acid groups (broad SMARTS) is 1. The largest absolute Gasteiger partial charge is 0.480 e. The number of ketones is 1. The van der Waals surface area contributed by atoms with Crippen LogP contribution in [-0.2, 0) is 20.9 Å². The van der Waals surface area contributed by atoms with Crippen molar-refractivity contribution in [3.05, 3.63) is 35.9 Å². The fraction of sp³-hybridized carbons (Fsp3) is 0.444. The van der Waals surface area contributed by atoms with Gasteiger partial charge in [0.1, 0.15) is 12.6 Å². The molecule has 9 nitrogen and oxygen atoms in total. The van der Waals surface area contributed by atoms with E-state index in [4.69, 9.17) is 15.6 Å². The molecule has 0 unspecified atom stereocenters. The van der Waals surface area contributed by atoms with E-state index in [0.29, 0.717) is 0 Å². The summed E-state index contributed by atoms with van der Waals surface area (Å²) in [7, 11) is 0. The molecule has 3 amide bonds. The lowest BCUT2D eigenvalue weighted by atomic mass is 10.2. The van der Waals surface area contributed by atoms with E-state index in [9.17, 15) is 19.2 Å². The zero-order valence-electron chi connectivity index (χ0n) is 14.9. The number of hydrogen-bond donors (Lipinski definition) is 2. The molecular weight excluding hydrogens is 354 g/mol. The molecular formula is C18H23N3O6. The van der Waals surface area contributed by atoms with Crippen LogP contribution in [0.3, 0.4) is 0 Å². The van der Waals surface area contributed by atoms with Crippen LogP contribution in [0.4, 0.5) is 9.59 Å². The minimum Gasteiger partial charge on any atom is -0.480 e. The molecule has 2 fully saturated rings. The lowest BCUT2D eigenvalue weighted by molar-refractivity contribution is -0.142. The van der Waals surface area contributed by atoms with Gasteiger partial charge in [-0.2, -0.15) is 0 Å². The summed E-state index contributed by atoms with van der Waals surface area (Å²) in [5.74, 6) is -1.47. The van der Waals surface area contributed by atoms with Crippen molar-refractivity contribution in [2.24, 2.45) is 5.73 Å². The highest BCUT2D eigenvalue weighted by molar-refractivity contribution is 5.95. The standard InChI is InChI=1S/C13H13NO5.C5H10N2O/c15-10-6-11(12(16)17)14(7-10)13(18)19-8-9-4-2-1-3-5-9;6-5(8)7-3-1-2-4-7/h1-5,11H,6-8H2,(H,16,17);1-4H2,(H2,6,8)/t11-;/m0./s1. The Labute approximate surface area is 156 Å². The molecule has 3 rings (SSSR count). The molecule has 0 bridgehead atoms. The third-order valence-electron chi connectivity index (χ3n) is 4.29. The van der Waals surface area contributed by atoms with E-state index in [1.165, 1.54) is 0 Å². The lowest BCUT2D eigenvalue weighted by Gasteiger charge is -2.19. The van der Waals surface area contributed by atoms with Gasteiger partial charge in [0.05, 0.1) is 6.54 Å². The Balaban J connectivity index is 0.000000273. The van der Waals surface area contributed by atoms with Crippen molar-refractivity contribution < 1.29 is 29.0 Å². The molecule has 0 spiro atoms. The van der Waals surface area contributed by atoms with Gasteiger partial charge in [-0.05, 0) is 18.4 Å². The van der Waals surface area contributed by atoms with Gasteiger partial charge in [-0.3, -0.25) is 9.69 Å². The van der Waals surface area contributed by atoms with Gasteiger partial charge >= 0.3 is 18.1 Å². The van der Waals surface area contributed by atoms with Crippen molar-refractivity contribution in [3.63, 3.8) is 0 Å². The number of carboxylic acids is 1. The Morgan fingerprint density at radius 2 is 1.78 bits per heavy atom. The van der Waals surface area contributed by atoms with Gasteiger partial charge in [0.15, 0.2) is 5.78 Å². The number of carbonyl (C=O) groups is 4. The molecule has 146 valence electrons. The lowest BCUT2D eigenvalue weighted by Crippen LogP contribution is -2.40. The topological polar surface area (TPSA) is 130 Å². The van der Waals surface area contributed by atoms with Crippen molar-refractivity contribution in [3.8, 4) is 0 Å². The van der Waals surface area contributed by atoms with Crippen LogP contribution >= 0.6 is 0 Å². The average Bonchev–Trinajstić information content (AvgIpc) is 3.31. The predicted molar refractivity (Wildman–Crippen MR) is 94.8 cm³/mol. The minimum atomic E-state index is -1.19. The van der Waals surface area contributed by atoms with Crippen LogP contribution in [0.15, 0.2) is 30.3 Å². The Morgan fingerprint density at radius 1 is 1.15 bits per heavy atom. The van der Waals surface area contributed by atoms with E-state index in [2.05, 4.69) is 0 Å². The molecule has 0 aromatic heterocycles. The molecule has 1 aromatic rings. The number of hydrogen-bond acceptors (Lipinski definition) is 5. The highest BCUT2D eigenvalue weighted by atomic mass is 16.6. The molecule has 0 saturated carbocycles. The van der Waals surface area contributed by atoms with Gasteiger partial charge < -0.3 is 20.5 Å². The zero-order valence-corrected chi connectivity index (χ0v) is 14.9. The number of Topliss-reactive ketones (excluding diaryl/α,β-unsaturated/α-hetero) is 1. The Hall–Kier alpha value is -3.10. The zero-order chi connectivity index (χ0) is 19.8. The summed E-state index contributed by atoms with van der Waals surface area (Å²) < 4.78 is 5.01. The number of aliphatic carboxylic acids is 1. The number of ether oxygens (including phenoxy) is 1. The minimum absolute atomic E-state index is 0.0523. The van der Waals surface area contributed by atoms with Crippen molar-refractivity contribution in [2.75, 3.05) is 19.6 Å². The maximum absolute atomic E-state index is 11.8. The first-order valence-electron chi connectivity index (χ1n) is 8.64. The van der Waals surface area contributed by atoms with Gasteiger partial charge in [0.2, 0.25) is 0 Å². The molecule has 2 heterocycles. The molecule has 1 aromatic carbocycles. The molecule has 27 heavy (non-hydrogen) atoms. The number of urea groups is 1. The molecule has 2 aliphatic heterocycles. The number of rotatable bonds is 3. The van der Waals surface area contributed by atoms with Gasteiger partial charge in [-0.1, -0.05) is 30.3 Å². The summed E-state index contributed by atoms with van der Waals surface area (Å²) in [6.45, 7) is 1.56. The molecule has 3 N–H and O–H groups in total. The summed E-state index contributed by atoms with van der Waals surface area (Å²) in [6, 6.07) is 7.64. The summed E-state index contributed by atoms with van der Waals surface area (Å²) in [6.07, 6.45) is 1.30. The van der Waals surface area contributed by atoms with E-state index < -0.39 is 18.1 Å². The van der Waals surface area contributed by atoms with E-state index in [1.807, 2.05) is 18.2 Å². The van der Waals surface area contributed by atoms with Crippen LogP contribution in [0.1, 0.15) is 24.8 Å². The number of likely N-dealkylation sites (tertiary alicyclic amines) is 2. The maximum atomic E-state index is 11.8. The van der Waals surface area contributed by atoms with Crippen LogP contribution in [0, 0.1) is 0 Å². The fourth-order valence-electron chi connectivity index (χ4n) is 2.84. The Bertz CT molecular complexity index is 688. The van der Waals surface area contributed by atoms with E-state index >= 15 is 0 Å². The monoisotopic (exact) mass is 377 g/mol. The number of carbonyl (C=O) groups excluding carboxylic acids is 3. The van der Waals surface area contributed by atoms with Gasteiger partial charge in [-0.15, -0.1) is 0 Å². The second-order valence-electron chi connectivity index (χ2n) is 6.30. The van der Waals surface area contributed by atoms with Crippen molar-refractivity contribution >= 4 is 23.9 Å². The highest BCUT2D eigenvalue weighted by Crippen LogP contribution is 2.16. The summed E-state index contributed by atoms with van der Waals surface area (Å²) >= 11 is 0. The number of amides is 3. The van der Waals surface area contributed by atoms with E-state index in [1.54, 1.807) is 17.0 Å². The van der Waals surface area contributed by atoms with Gasteiger partial charge in [0.25, 0.3) is 0 Å². The molecule has 1 atom stereocenters. The Morgan fingerprint density at radius 3 is 2.30 bits per heavy atom. The maximum Gasteiger partial charge on any atom is 0.411 e. The smallest absolute Gasteiger partial charge is 0.411 e. The first-order chi connectivity index (χ1) is 12.9. The van der Waals surface area contributed by atoms with E-state index in [0.717, 1.165) is 36.4 Å². The highest BCUT2D eigenvalue weighted by Gasteiger charge is 2.39. The first kappa shape index (κ1) is 20.2. The summed E-state index contributed by atoms with van der Waals surface area (Å²) in [5, 5.41) is 8.93. The Kier molecular flexibility index (Phi) is 7.16.